The normalized spacial score (nSPS) is 10.3. The van der Waals surface area contributed by atoms with Crippen molar-refractivity contribution in [1.29, 1.82) is 0 Å². The Morgan fingerprint density at radius 2 is 1.84 bits per heavy atom. The number of benzene rings is 2. The molecule has 2 nitrogen and oxygen atoms in total. The van der Waals surface area contributed by atoms with Gasteiger partial charge in [-0.15, -0.1) is 0 Å². The van der Waals surface area contributed by atoms with E-state index in [1.165, 1.54) is 0 Å². The molecule has 0 aliphatic carbocycles. The zero-order valence-electron chi connectivity index (χ0n) is 10.3. The standard InChI is InChI=1S/C15H12Cl2O2/c1-19-15-5-3-2-4-11(15)14(18)9-10-6-7-12(16)13(17)8-10/h2-8H,9H2,1H3. The first-order chi connectivity index (χ1) is 9.11. The van der Waals surface area contributed by atoms with Crippen molar-refractivity contribution >= 4 is 29.0 Å². The summed E-state index contributed by atoms with van der Waals surface area (Å²) in [4.78, 5) is 12.2. The molecule has 0 saturated heterocycles. The van der Waals surface area contributed by atoms with Crippen LogP contribution in [0.1, 0.15) is 15.9 Å². The van der Waals surface area contributed by atoms with Crippen LogP contribution in [0.3, 0.4) is 0 Å². The van der Waals surface area contributed by atoms with Crippen LogP contribution in [-0.4, -0.2) is 12.9 Å². The number of hydrogen-bond acceptors (Lipinski definition) is 2. The lowest BCUT2D eigenvalue weighted by Gasteiger charge is -2.07. The van der Waals surface area contributed by atoms with Crippen molar-refractivity contribution in [2.24, 2.45) is 0 Å². The molecule has 0 N–H and O–H groups in total. The molecule has 19 heavy (non-hydrogen) atoms. The number of hydrogen-bond donors (Lipinski definition) is 0. The number of halogens is 2. The quantitative estimate of drug-likeness (QED) is 0.780. The topological polar surface area (TPSA) is 26.3 Å². The van der Waals surface area contributed by atoms with Crippen LogP contribution in [0, 0.1) is 0 Å². The maximum Gasteiger partial charge on any atom is 0.170 e. The SMILES string of the molecule is COc1ccccc1C(=O)Cc1ccc(Cl)c(Cl)c1. The van der Waals surface area contributed by atoms with Gasteiger partial charge in [-0.1, -0.05) is 41.4 Å². The summed E-state index contributed by atoms with van der Waals surface area (Å²) in [5, 5.41) is 0.933. The van der Waals surface area contributed by atoms with Crippen LogP contribution in [0.2, 0.25) is 10.0 Å². The maximum atomic E-state index is 12.2. The van der Waals surface area contributed by atoms with Crippen LogP contribution < -0.4 is 4.74 Å². The van der Waals surface area contributed by atoms with E-state index in [0.29, 0.717) is 21.4 Å². The van der Waals surface area contributed by atoms with E-state index in [0.717, 1.165) is 5.56 Å². The van der Waals surface area contributed by atoms with Crippen LogP contribution in [0.15, 0.2) is 42.5 Å². The van der Waals surface area contributed by atoms with E-state index in [-0.39, 0.29) is 12.2 Å². The summed E-state index contributed by atoms with van der Waals surface area (Å²) < 4.78 is 5.18. The fraction of sp³-hybridized carbons (Fsp3) is 0.133. The highest BCUT2D eigenvalue weighted by Crippen LogP contribution is 2.24. The minimum atomic E-state index is -0.0177. The minimum absolute atomic E-state index is 0.0177. The predicted octanol–water partition coefficient (Wildman–Crippen LogP) is 4.43. The molecule has 98 valence electrons. The molecule has 0 bridgehead atoms. The monoisotopic (exact) mass is 294 g/mol. The van der Waals surface area contributed by atoms with Gasteiger partial charge in [-0.05, 0) is 29.8 Å². The summed E-state index contributed by atoms with van der Waals surface area (Å²) in [6, 6.07) is 12.3. The molecule has 0 aromatic heterocycles. The second-order valence-electron chi connectivity index (χ2n) is 4.05. The second kappa shape index (κ2) is 6.09. The van der Waals surface area contributed by atoms with E-state index >= 15 is 0 Å². The third kappa shape index (κ3) is 3.28. The van der Waals surface area contributed by atoms with Gasteiger partial charge in [-0.2, -0.15) is 0 Å². The highest BCUT2D eigenvalue weighted by Gasteiger charge is 2.12. The summed E-state index contributed by atoms with van der Waals surface area (Å²) in [6.45, 7) is 0. The first-order valence-electron chi connectivity index (χ1n) is 5.72. The molecule has 2 aromatic rings. The third-order valence-electron chi connectivity index (χ3n) is 2.76. The Balaban J connectivity index is 2.23. The Labute approximate surface area is 121 Å². The van der Waals surface area contributed by atoms with Gasteiger partial charge in [0.1, 0.15) is 5.75 Å². The van der Waals surface area contributed by atoms with Gasteiger partial charge in [0, 0.05) is 6.42 Å². The van der Waals surface area contributed by atoms with Gasteiger partial charge < -0.3 is 4.74 Å². The van der Waals surface area contributed by atoms with Crippen LogP contribution in [0.25, 0.3) is 0 Å². The highest BCUT2D eigenvalue weighted by molar-refractivity contribution is 6.42. The van der Waals surface area contributed by atoms with Crippen molar-refractivity contribution in [2.45, 2.75) is 6.42 Å². The van der Waals surface area contributed by atoms with E-state index in [4.69, 9.17) is 27.9 Å². The number of carbonyl (C=O) groups excluding carboxylic acids is 1. The van der Waals surface area contributed by atoms with Gasteiger partial charge in [0.25, 0.3) is 0 Å². The summed E-state index contributed by atoms with van der Waals surface area (Å²) >= 11 is 11.8. The zero-order chi connectivity index (χ0) is 13.8. The van der Waals surface area contributed by atoms with Gasteiger partial charge >= 0.3 is 0 Å². The first-order valence-corrected chi connectivity index (χ1v) is 6.47. The Hall–Kier alpha value is -1.51. The Kier molecular flexibility index (Phi) is 4.46. The molecule has 0 unspecified atom stereocenters. The average molecular weight is 295 g/mol. The molecule has 2 aromatic carbocycles. The number of rotatable bonds is 4. The van der Waals surface area contributed by atoms with Crippen molar-refractivity contribution in [3.63, 3.8) is 0 Å². The molecule has 0 aliphatic heterocycles. The van der Waals surface area contributed by atoms with Gasteiger partial charge in [-0.3, -0.25) is 4.79 Å². The van der Waals surface area contributed by atoms with Crippen LogP contribution in [0.4, 0.5) is 0 Å². The number of carbonyl (C=O) groups is 1. The van der Waals surface area contributed by atoms with Crippen molar-refractivity contribution in [1.82, 2.24) is 0 Å². The molecule has 0 atom stereocenters. The lowest BCUT2D eigenvalue weighted by Crippen LogP contribution is -2.05. The van der Waals surface area contributed by atoms with Crippen molar-refractivity contribution in [3.05, 3.63) is 63.6 Å². The lowest BCUT2D eigenvalue weighted by molar-refractivity contribution is 0.0990. The van der Waals surface area contributed by atoms with Gasteiger partial charge in [-0.25, -0.2) is 0 Å². The minimum Gasteiger partial charge on any atom is -0.496 e. The van der Waals surface area contributed by atoms with E-state index < -0.39 is 0 Å². The summed E-state index contributed by atoms with van der Waals surface area (Å²) in [5.74, 6) is 0.559. The lowest BCUT2D eigenvalue weighted by atomic mass is 10.0. The number of Topliss-reactive ketones (excluding diaryl/α,β-unsaturated/α-hetero) is 1. The number of methoxy groups -OCH3 is 1. The average Bonchev–Trinajstić information content (AvgIpc) is 2.43. The Morgan fingerprint density at radius 1 is 1.11 bits per heavy atom. The molecule has 0 radical (unpaired) electrons. The Morgan fingerprint density at radius 3 is 2.53 bits per heavy atom. The summed E-state index contributed by atoms with van der Waals surface area (Å²) in [5.41, 5.74) is 1.39. The predicted molar refractivity (Wildman–Crippen MR) is 77.5 cm³/mol. The molecule has 0 fully saturated rings. The van der Waals surface area contributed by atoms with Gasteiger partial charge in [0.05, 0.1) is 22.7 Å². The van der Waals surface area contributed by atoms with E-state index in [1.807, 2.05) is 12.1 Å². The Bertz CT molecular complexity index is 609. The molecular weight excluding hydrogens is 283 g/mol. The highest BCUT2D eigenvalue weighted by atomic mass is 35.5. The van der Waals surface area contributed by atoms with Crippen molar-refractivity contribution in [3.8, 4) is 5.75 Å². The smallest absolute Gasteiger partial charge is 0.170 e. The number of ether oxygens (including phenoxy) is 1. The first kappa shape index (κ1) is 13.9. The molecule has 0 heterocycles. The molecule has 4 heteroatoms. The molecule has 2 rings (SSSR count). The number of para-hydroxylation sites is 1. The van der Waals surface area contributed by atoms with Gasteiger partial charge in [0.2, 0.25) is 0 Å². The maximum absolute atomic E-state index is 12.2. The van der Waals surface area contributed by atoms with E-state index in [9.17, 15) is 4.79 Å². The fourth-order valence-electron chi connectivity index (χ4n) is 1.81. The summed E-state index contributed by atoms with van der Waals surface area (Å²) in [7, 11) is 1.55. The largest absolute Gasteiger partial charge is 0.496 e. The van der Waals surface area contributed by atoms with Crippen LogP contribution in [-0.2, 0) is 6.42 Å². The second-order valence-corrected chi connectivity index (χ2v) is 4.86. The molecular formula is C15H12Cl2O2. The number of ketones is 1. The molecule has 0 aliphatic rings. The van der Waals surface area contributed by atoms with Crippen LogP contribution in [0.5, 0.6) is 5.75 Å². The fourth-order valence-corrected chi connectivity index (χ4v) is 2.13. The van der Waals surface area contributed by atoms with E-state index in [1.54, 1.807) is 37.4 Å². The van der Waals surface area contributed by atoms with Crippen molar-refractivity contribution < 1.29 is 9.53 Å². The van der Waals surface area contributed by atoms with Crippen LogP contribution >= 0.6 is 23.2 Å². The molecule has 0 spiro atoms. The van der Waals surface area contributed by atoms with Crippen molar-refractivity contribution in [2.75, 3.05) is 7.11 Å². The molecule has 0 saturated carbocycles. The zero-order valence-corrected chi connectivity index (χ0v) is 11.8. The van der Waals surface area contributed by atoms with Gasteiger partial charge in [0.15, 0.2) is 5.78 Å². The molecule has 0 amide bonds. The summed E-state index contributed by atoms with van der Waals surface area (Å²) in [6.07, 6.45) is 0.261. The third-order valence-corrected chi connectivity index (χ3v) is 3.50. The van der Waals surface area contributed by atoms with E-state index in [2.05, 4.69) is 0 Å².